The summed E-state index contributed by atoms with van der Waals surface area (Å²) in [6.07, 6.45) is -43.2. The molecule has 9 aliphatic rings. The second-order valence-corrected chi connectivity index (χ2v) is 45.2. The molecule has 850 valence electrons. The molecule has 0 aromatic carbocycles. The molecule has 0 spiro atoms. The van der Waals surface area contributed by atoms with Crippen molar-refractivity contribution in [2.75, 3.05) is 66.6 Å². The number of esters is 1. The van der Waals surface area contributed by atoms with Crippen LogP contribution in [0, 0.1) is 17.3 Å². The van der Waals surface area contributed by atoms with Crippen LogP contribution in [0.5, 0.6) is 0 Å². The van der Waals surface area contributed by atoms with E-state index in [1.807, 2.05) is 96.9 Å². The molecule has 9 heterocycles. The van der Waals surface area contributed by atoms with Gasteiger partial charge in [-0.1, -0.05) is 34.6 Å². The molecule has 42 atom stereocenters. The van der Waals surface area contributed by atoms with Crippen molar-refractivity contribution in [2.24, 2.45) is 17.3 Å². The molecule has 142 heavy (non-hydrogen) atoms. The number of aliphatic hydroxyl groups is 28. The lowest BCUT2D eigenvalue weighted by atomic mass is 9.84. The van der Waals surface area contributed by atoms with Crippen LogP contribution in [0.3, 0.4) is 0 Å². The molecule has 0 bridgehead atoms. The quantitative estimate of drug-likeness (QED) is 0.0570. The monoisotopic (exact) mass is 2090 g/mol. The van der Waals surface area contributed by atoms with Gasteiger partial charge in [-0.3, -0.25) is 4.79 Å². The van der Waals surface area contributed by atoms with E-state index in [9.17, 15) is 127 Å². The third kappa shape index (κ3) is 48.3. The zero-order valence-corrected chi connectivity index (χ0v) is 88.4. The number of rotatable bonds is 18. The zero-order chi connectivity index (χ0) is 111. The summed E-state index contributed by atoms with van der Waals surface area (Å²) in [5, 5.41) is 263. The van der Waals surface area contributed by atoms with Crippen molar-refractivity contribution in [1.82, 2.24) is 0 Å². The third-order valence-corrected chi connectivity index (χ3v) is 21.6. The molecule has 0 amide bonds. The maximum atomic E-state index is 14.2. The summed E-state index contributed by atoms with van der Waals surface area (Å²) < 4.78 is 115. The van der Waals surface area contributed by atoms with Gasteiger partial charge in [-0.05, 0) is 190 Å². The fourth-order valence-electron chi connectivity index (χ4n) is 14.0. The Balaban J connectivity index is 0.000000800. The molecule has 9 aliphatic heterocycles. The first kappa shape index (κ1) is 138. The average molecular weight is 2090 g/mol. The van der Waals surface area contributed by atoms with E-state index in [2.05, 4.69) is 20.8 Å². The smallest absolute Gasteiger partial charge is 0.302 e. The van der Waals surface area contributed by atoms with Crippen LogP contribution in [-0.4, -0.2) is 506 Å². The van der Waals surface area contributed by atoms with Crippen LogP contribution in [0.4, 0.5) is 4.39 Å². The number of halogens is 1. The van der Waals surface area contributed by atoms with Crippen molar-refractivity contribution in [3.63, 3.8) is 0 Å². The van der Waals surface area contributed by atoms with Crippen LogP contribution < -0.4 is 0 Å². The molecule has 17 unspecified atom stereocenters. The first-order chi connectivity index (χ1) is 64.4. The molecule has 0 aromatic heterocycles. The van der Waals surface area contributed by atoms with Crippen molar-refractivity contribution in [1.29, 1.82) is 0 Å². The number of hydrogen-bond acceptors (Lipinski definition) is 48. The Morgan fingerprint density at radius 1 is 0.282 bits per heavy atom. The van der Waals surface area contributed by atoms with Crippen LogP contribution >= 0.6 is 0 Å². The van der Waals surface area contributed by atoms with Crippen LogP contribution in [-0.2, 0) is 94.8 Å². The number of methoxy groups -OCH3 is 1. The number of carbonyl (C=O) groups excluding carboxylic acids is 1. The molecule has 0 aromatic rings. The summed E-state index contributed by atoms with van der Waals surface area (Å²) in [6.45, 7) is 52.9. The van der Waals surface area contributed by atoms with Crippen molar-refractivity contribution in [2.45, 2.75) is 505 Å². The second kappa shape index (κ2) is 59.7. The summed E-state index contributed by atoms with van der Waals surface area (Å²) >= 11 is 0. The Labute approximate surface area is 833 Å². The van der Waals surface area contributed by atoms with Crippen molar-refractivity contribution >= 4 is 5.97 Å². The van der Waals surface area contributed by atoms with Gasteiger partial charge in [0.15, 0.2) is 56.5 Å². The highest BCUT2D eigenvalue weighted by molar-refractivity contribution is 5.65. The van der Waals surface area contributed by atoms with Gasteiger partial charge in [0.25, 0.3) is 0 Å². The van der Waals surface area contributed by atoms with E-state index >= 15 is 0 Å². The van der Waals surface area contributed by atoms with Gasteiger partial charge >= 0.3 is 5.97 Å². The Kier molecular flexibility index (Phi) is 57.8. The number of aliphatic hydroxyl groups excluding tert-OH is 28. The normalized spacial score (nSPS) is 39.7. The fourth-order valence-corrected chi connectivity index (χ4v) is 14.0. The van der Waals surface area contributed by atoms with E-state index < -0.39 is 305 Å². The molecule has 48 nitrogen and oxygen atoms in total. The number of alkyl halides is 1. The fraction of sp³-hybridized carbons (Fsp3) is 0.989. The van der Waals surface area contributed by atoms with Crippen molar-refractivity contribution in [3.8, 4) is 0 Å². The lowest BCUT2D eigenvalue weighted by Crippen LogP contribution is -2.61. The standard InChI is InChI=1S/C14H25FO4.C11H22O6.5C10H20O6.C9H18O5.C9H18O3/c1-8-9(2)12(15)13(19-14(4,5)6)18-11(8)7-17-10(3)16;1-11(2,3)17-9-8(14)7(13)6(5-12)16-10(9)15-4;1-10(2,3)15-4-5-6(11)7(12)8(13)9(14)16-5;4*1-10(2,3)16-9-8(14)7(13)6(12)5(4-11)15-9;1-9(2,3)14-8-7(12)6(11)5(10)4-13-8;1-9(2,3)4-7-8(11)6(10)5-12-7/h8-9,11-13H,7H2,1-6H3;6-10,12-14H,5H2,1-4H3;5*5-9,11-14H,4H2,1-3H3;5-8,10-12H,4H2,1-3H3;6-8,10-11H,4-5H2,1-3H3/t8-,9-,11?,12?,13-;6?,7-,8+,9?,10+;5?,6-,7+,8?,9?;5?,6-,7+,8?,9+;5?,6-,7+,8?,9-;5?,6-,7-,8?,9+;5?,6-,7-,8?,9-;5-,6+,7?,8?;6-,7+,8+/m011110011/s1. The van der Waals surface area contributed by atoms with Crippen molar-refractivity contribution < 1.29 is 242 Å². The van der Waals surface area contributed by atoms with Gasteiger partial charge in [-0.15, -0.1) is 0 Å². The maximum absolute atomic E-state index is 14.2. The summed E-state index contributed by atoms with van der Waals surface area (Å²) in [5.74, 6) is -0.602. The van der Waals surface area contributed by atoms with E-state index in [4.69, 9.17) is 116 Å². The Morgan fingerprint density at radius 3 is 0.845 bits per heavy atom. The van der Waals surface area contributed by atoms with E-state index in [1.54, 1.807) is 83.1 Å². The summed E-state index contributed by atoms with van der Waals surface area (Å²) in [4.78, 5) is 10.9. The minimum Gasteiger partial charge on any atom is -0.463 e. The first-order valence-corrected chi connectivity index (χ1v) is 47.6. The van der Waals surface area contributed by atoms with E-state index in [-0.39, 0.29) is 68.5 Å². The number of hydrogen-bond donors (Lipinski definition) is 28. The largest absolute Gasteiger partial charge is 0.463 e. The van der Waals surface area contributed by atoms with Crippen LogP contribution in [0.25, 0.3) is 0 Å². The summed E-state index contributed by atoms with van der Waals surface area (Å²) in [5.41, 5.74) is -3.97. The van der Waals surface area contributed by atoms with Gasteiger partial charge in [-0.2, -0.15) is 0 Å². The second-order valence-electron chi connectivity index (χ2n) is 45.2. The first-order valence-electron chi connectivity index (χ1n) is 47.6. The molecule has 0 aliphatic carbocycles. The predicted molar refractivity (Wildman–Crippen MR) is 496 cm³/mol. The molecule has 9 fully saturated rings. The van der Waals surface area contributed by atoms with Gasteiger partial charge in [-0.25, -0.2) is 4.39 Å². The van der Waals surface area contributed by atoms with Crippen LogP contribution in [0.15, 0.2) is 0 Å². The van der Waals surface area contributed by atoms with Gasteiger partial charge in [0, 0.05) is 14.0 Å². The molecule has 9 rings (SSSR count). The molecule has 9 saturated heterocycles. The lowest BCUT2D eigenvalue weighted by molar-refractivity contribution is -0.321. The Hall–Kier alpha value is -2.44. The SMILES string of the molecule is CC(=O)OCC1O[C@@H](OC(C)(C)C)C(F)[C@@H](C)[C@@H]1C.CC(C)(C)C[C@@H]1OC[C@@H](O)[C@@H]1O.CC(C)(C)OC1OC[C@@H](O)[C@H](O)C1O.CC(C)(C)OCC1OC(O)C(O)[C@@H](O)[C@@H]1O.CC(C)(C)O[C@@H]1OC(CO)[C@@H](O)[C@H](O)C1O.CC(C)(C)O[C@@H]1OC(CO)[C@H](O)[C@H](O)C1O.CC(C)(C)O[C@H]1OC(CO)[C@@H](O)[C@H](O)C1O.CC(C)(C)O[C@H]1OC(CO)[C@H](O)[C@H](O)C1O.CO[C@H]1OC(CO)[C@@H](O)[C@H](O)C1OC(C)(C)C. The van der Waals surface area contributed by atoms with E-state index in [0.717, 1.165) is 6.42 Å². The maximum Gasteiger partial charge on any atom is 0.302 e. The minimum atomic E-state index is -1.51. The Bertz CT molecular complexity index is 3170. The molecule has 28 N–H and O–H groups in total. The molecule has 0 radical (unpaired) electrons. The van der Waals surface area contributed by atoms with Crippen LogP contribution in [0.2, 0.25) is 0 Å². The highest BCUT2D eigenvalue weighted by Crippen LogP contribution is 2.38. The van der Waals surface area contributed by atoms with Gasteiger partial charge in [0.2, 0.25) is 0 Å². The van der Waals surface area contributed by atoms with Crippen molar-refractivity contribution in [3.05, 3.63) is 0 Å². The number of ether oxygens (including phenoxy) is 19. The highest BCUT2D eigenvalue weighted by Gasteiger charge is 2.53. The molecular weight excluding hydrogens is 1900 g/mol. The summed E-state index contributed by atoms with van der Waals surface area (Å²) in [7, 11) is 1.42. The molecule has 49 heteroatoms. The van der Waals surface area contributed by atoms with Gasteiger partial charge in [0.05, 0.1) is 110 Å². The average Bonchev–Trinajstić information content (AvgIpc) is 1.80. The van der Waals surface area contributed by atoms with Crippen LogP contribution in [0.1, 0.15) is 214 Å². The zero-order valence-electron chi connectivity index (χ0n) is 88.4. The third-order valence-electron chi connectivity index (χ3n) is 21.6. The highest BCUT2D eigenvalue weighted by atomic mass is 19.1. The summed E-state index contributed by atoms with van der Waals surface area (Å²) in [6, 6.07) is 0. The minimum absolute atomic E-state index is 0.0288. The number of carbonyl (C=O) groups is 1. The topological polar surface area (TPSA) is 759 Å². The molecular formula is C93H183FO48. The van der Waals surface area contributed by atoms with E-state index in [1.165, 1.54) is 14.0 Å². The Morgan fingerprint density at radius 2 is 0.556 bits per heavy atom. The van der Waals surface area contributed by atoms with E-state index in [0.29, 0.717) is 0 Å². The lowest BCUT2D eigenvalue weighted by Gasteiger charge is -2.43. The predicted octanol–water partition coefficient (Wildman–Crippen LogP) is -5.25. The molecule has 0 saturated carbocycles. The van der Waals surface area contributed by atoms with Gasteiger partial charge in [0.1, 0.15) is 184 Å². The van der Waals surface area contributed by atoms with Gasteiger partial charge < -0.3 is 233 Å².